The lowest BCUT2D eigenvalue weighted by Gasteiger charge is -2.16. The smallest absolute Gasteiger partial charge is 0.382 e. The Balaban J connectivity index is 2.98. The van der Waals surface area contributed by atoms with Crippen molar-refractivity contribution in [2.24, 2.45) is 0 Å². The van der Waals surface area contributed by atoms with Crippen molar-refractivity contribution in [3.8, 4) is 0 Å². The zero-order valence-corrected chi connectivity index (χ0v) is 11.1. The molecule has 0 radical (unpaired) electrons. The Hall–Kier alpha value is -1.12. The highest BCUT2D eigenvalue weighted by Crippen LogP contribution is 2.30. The molecule has 0 aromatic heterocycles. The molecule has 19 heavy (non-hydrogen) atoms. The molecule has 0 saturated heterocycles. The van der Waals surface area contributed by atoms with E-state index in [0.717, 1.165) is 30.5 Å². The van der Waals surface area contributed by atoms with Crippen LogP contribution in [-0.4, -0.2) is 28.4 Å². The highest BCUT2D eigenvalue weighted by molar-refractivity contribution is 7.86. The Morgan fingerprint density at radius 2 is 1.74 bits per heavy atom. The standard InChI is InChI=1S/C11H13F3O4S/c1-17-7-10(18-19(2,15)16)8-3-5-9(6-4-8)11(12,13)14/h3-6,10H,7H2,1-2H3/t10-/m1/s1. The van der Waals surface area contributed by atoms with Gasteiger partial charge in [0.25, 0.3) is 10.1 Å². The molecule has 0 amide bonds. The van der Waals surface area contributed by atoms with Crippen LogP contribution in [-0.2, 0) is 25.2 Å². The van der Waals surface area contributed by atoms with Gasteiger partial charge >= 0.3 is 6.18 Å². The number of rotatable bonds is 5. The third kappa shape index (κ3) is 5.17. The minimum atomic E-state index is -4.44. The van der Waals surface area contributed by atoms with Crippen LogP contribution in [0.15, 0.2) is 24.3 Å². The molecule has 0 bridgehead atoms. The molecular weight excluding hydrogens is 285 g/mol. The SMILES string of the molecule is COC[C@@H](OS(C)(=O)=O)c1ccc(C(F)(F)F)cc1. The van der Waals surface area contributed by atoms with Crippen LogP contribution in [0.5, 0.6) is 0 Å². The van der Waals surface area contributed by atoms with E-state index in [0.29, 0.717) is 5.56 Å². The van der Waals surface area contributed by atoms with Crippen molar-refractivity contribution < 1.29 is 30.5 Å². The van der Waals surface area contributed by atoms with Crippen LogP contribution in [0.2, 0.25) is 0 Å². The quantitative estimate of drug-likeness (QED) is 0.783. The molecule has 4 nitrogen and oxygen atoms in total. The lowest BCUT2D eigenvalue weighted by Crippen LogP contribution is -2.15. The minimum absolute atomic E-state index is 0.0849. The van der Waals surface area contributed by atoms with Crippen molar-refractivity contribution in [2.45, 2.75) is 12.3 Å². The summed E-state index contributed by atoms with van der Waals surface area (Å²) in [5, 5.41) is 0. The first-order chi connectivity index (χ1) is 8.63. The summed E-state index contributed by atoms with van der Waals surface area (Å²) in [5.74, 6) is 0. The molecule has 1 aromatic carbocycles. The van der Waals surface area contributed by atoms with Gasteiger partial charge in [0.05, 0.1) is 18.4 Å². The Labute approximate surface area is 109 Å². The van der Waals surface area contributed by atoms with Crippen molar-refractivity contribution in [3.63, 3.8) is 0 Å². The second-order valence-corrected chi connectivity index (χ2v) is 5.46. The Bertz CT molecular complexity index is 508. The molecule has 1 aromatic rings. The molecule has 8 heteroatoms. The molecule has 1 rings (SSSR count). The number of hydrogen-bond donors (Lipinski definition) is 0. The topological polar surface area (TPSA) is 52.6 Å². The second kappa shape index (κ2) is 5.89. The number of ether oxygens (including phenoxy) is 1. The zero-order chi connectivity index (χ0) is 14.7. The molecule has 0 saturated carbocycles. The van der Waals surface area contributed by atoms with Crippen LogP contribution >= 0.6 is 0 Å². The van der Waals surface area contributed by atoms with Gasteiger partial charge in [-0.2, -0.15) is 21.6 Å². The number of alkyl halides is 3. The van der Waals surface area contributed by atoms with Gasteiger partial charge in [-0.05, 0) is 17.7 Å². The first-order valence-corrected chi connectivity index (χ1v) is 6.99. The number of methoxy groups -OCH3 is 1. The Morgan fingerprint density at radius 1 is 1.21 bits per heavy atom. The minimum Gasteiger partial charge on any atom is -0.382 e. The van der Waals surface area contributed by atoms with Crippen molar-refractivity contribution in [3.05, 3.63) is 35.4 Å². The van der Waals surface area contributed by atoms with E-state index in [1.807, 2.05) is 0 Å². The van der Waals surface area contributed by atoms with Crippen molar-refractivity contribution in [1.29, 1.82) is 0 Å². The van der Waals surface area contributed by atoms with E-state index in [1.165, 1.54) is 7.11 Å². The van der Waals surface area contributed by atoms with E-state index in [-0.39, 0.29) is 6.61 Å². The summed E-state index contributed by atoms with van der Waals surface area (Å²) in [7, 11) is -2.40. The summed E-state index contributed by atoms with van der Waals surface area (Å²) in [6, 6.07) is 4.06. The van der Waals surface area contributed by atoms with Crippen molar-refractivity contribution in [1.82, 2.24) is 0 Å². The van der Waals surface area contributed by atoms with Crippen molar-refractivity contribution in [2.75, 3.05) is 20.0 Å². The Kier molecular flexibility index (Phi) is 4.94. The van der Waals surface area contributed by atoms with Crippen LogP contribution in [0.25, 0.3) is 0 Å². The summed E-state index contributed by atoms with van der Waals surface area (Å²) in [6.07, 6.45) is -4.55. The van der Waals surface area contributed by atoms with Gasteiger partial charge in [-0.15, -0.1) is 0 Å². The summed E-state index contributed by atoms with van der Waals surface area (Å²) >= 11 is 0. The van der Waals surface area contributed by atoms with Crippen LogP contribution in [0.4, 0.5) is 13.2 Å². The molecule has 0 aliphatic heterocycles. The molecule has 0 N–H and O–H groups in total. The van der Waals surface area contributed by atoms with Gasteiger partial charge in [0.2, 0.25) is 0 Å². The van der Waals surface area contributed by atoms with Crippen LogP contribution in [0.3, 0.4) is 0 Å². The molecule has 0 aliphatic carbocycles. The lowest BCUT2D eigenvalue weighted by atomic mass is 10.1. The zero-order valence-electron chi connectivity index (χ0n) is 10.3. The molecule has 0 fully saturated rings. The monoisotopic (exact) mass is 298 g/mol. The highest BCUT2D eigenvalue weighted by atomic mass is 32.2. The molecule has 0 heterocycles. The molecule has 1 atom stereocenters. The summed E-state index contributed by atoms with van der Waals surface area (Å²) in [4.78, 5) is 0. The first kappa shape index (κ1) is 15.9. The summed E-state index contributed by atoms with van der Waals surface area (Å²) < 4.78 is 68.8. The largest absolute Gasteiger partial charge is 0.416 e. The van der Waals surface area contributed by atoms with E-state index >= 15 is 0 Å². The van der Waals surface area contributed by atoms with Gasteiger partial charge in [-0.3, -0.25) is 4.18 Å². The Morgan fingerprint density at radius 3 is 2.11 bits per heavy atom. The fraction of sp³-hybridized carbons (Fsp3) is 0.455. The van der Waals surface area contributed by atoms with Gasteiger partial charge in [0.1, 0.15) is 6.10 Å². The fourth-order valence-electron chi connectivity index (χ4n) is 1.43. The molecule has 108 valence electrons. The second-order valence-electron chi connectivity index (χ2n) is 3.86. The molecule has 0 spiro atoms. The maximum Gasteiger partial charge on any atom is 0.416 e. The van der Waals surface area contributed by atoms with E-state index in [9.17, 15) is 21.6 Å². The first-order valence-electron chi connectivity index (χ1n) is 5.18. The average molecular weight is 298 g/mol. The van der Waals surface area contributed by atoms with Crippen molar-refractivity contribution >= 4 is 10.1 Å². The normalized spacial score (nSPS) is 14.4. The van der Waals surface area contributed by atoms with Crippen LogP contribution in [0, 0.1) is 0 Å². The van der Waals surface area contributed by atoms with E-state index in [1.54, 1.807) is 0 Å². The molecular formula is C11H13F3O4S. The number of halogens is 3. The van der Waals surface area contributed by atoms with Gasteiger partial charge in [0.15, 0.2) is 0 Å². The van der Waals surface area contributed by atoms with Gasteiger partial charge in [-0.25, -0.2) is 0 Å². The predicted octanol–water partition coefficient (Wildman–Crippen LogP) is 2.37. The van der Waals surface area contributed by atoms with Gasteiger partial charge in [-0.1, -0.05) is 12.1 Å². The highest BCUT2D eigenvalue weighted by Gasteiger charge is 2.30. The van der Waals surface area contributed by atoms with Crippen LogP contribution < -0.4 is 0 Å². The summed E-state index contributed by atoms with van der Waals surface area (Å²) in [5.41, 5.74) is -0.521. The van der Waals surface area contributed by atoms with Gasteiger partial charge in [0, 0.05) is 7.11 Å². The predicted molar refractivity (Wildman–Crippen MR) is 62.0 cm³/mol. The fourth-order valence-corrected chi connectivity index (χ4v) is 2.02. The summed E-state index contributed by atoms with van der Waals surface area (Å²) in [6.45, 7) is -0.0849. The lowest BCUT2D eigenvalue weighted by molar-refractivity contribution is -0.137. The van der Waals surface area contributed by atoms with Crippen LogP contribution in [0.1, 0.15) is 17.2 Å². The van der Waals surface area contributed by atoms with E-state index in [2.05, 4.69) is 0 Å². The van der Waals surface area contributed by atoms with E-state index < -0.39 is 28.0 Å². The molecule has 0 unspecified atom stereocenters. The van der Waals surface area contributed by atoms with Gasteiger partial charge < -0.3 is 4.74 Å². The van der Waals surface area contributed by atoms with E-state index in [4.69, 9.17) is 8.92 Å². The maximum atomic E-state index is 12.4. The number of hydrogen-bond acceptors (Lipinski definition) is 4. The third-order valence-electron chi connectivity index (χ3n) is 2.22. The molecule has 0 aliphatic rings. The number of benzene rings is 1. The average Bonchev–Trinajstić information content (AvgIpc) is 2.26. The maximum absolute atomic E-state index is 12.4. The third-order valence-corrected chi connectivity index (χ3v) is 2.80.